The van der Waals surface area contributed by atoms with Crippen molar-refractivity contribution >= 4 is 17.6 Å². The first kappa shape index (κ1) is 26.7. The first-order valence-electron chi connectivity index (χ1n) is 10.6. The van der Waals surface area contributed by atoms with Crippen LogP contribution in [-0.2, 0) is 4.79 Å². The quantitative estimate of drug-likeness (QED) is 0.428. The van der Waals surface area contributed by atoms with Crippen LogP contribution >= 0.6 is 0 Å². The first-order chi connectivity index (χ1) is 17.6. The molecule has 37 heavy (non-hydrogen) atoms. The molecule has 0 fully saturated rings. The number of pyridine rings is 1. The van der Waals surface area contributed by atoms with E-state index < -0.39 is 35.4 Å². The van der Waals surface area contributed by atoms with Gasteiger partial charge in [-0.15, -0.1) is 0 Å². The minimum atomic E-state index is -1.94. The van der Waals surface area contributed by atoms with Crippen LogP contribution in [0.1, 0.15) is 15.9 Å². The molecule has 192 valence electrons. The van der Waals surface area contributed by atoms with Crippen LogP contribution in [0.2, 0.25) is 0 Å². The fourth-order valence-electron chi connectivity index (χ4n) is 3.27. The van der Waals surface area contributed by atoms with Gasteiger partial charge in [0.2, 0.25) is 5.82 Å². The molecule has 2 aromatic carbocycles. The third-order valence-corrected chi connectivity index (χ3v) is 5.07. The van der Waals surface area contributed by atoms with Gasteiger partial charge in [0.25, 0.3) is 18.0 Å². The molecule has 0 saturated heterocycles. The lowest BCUT2D eigenvalue weighted by molar-refractivity contribution is -0.144. The molecule has 0 saturated carbocycles. The Morgan fingerprint density at radius 3 is 2.46 bits per heavy atom. The number of carbonyl (C=O) groups excluding carboxylic acids is 1. The van der Waals surface area contributed by atoms with Gasteiger partial charge in [-0.3, -0.25) is 4.79 Å². The Hall–Kier alpha value is -4.92. The molecule has 3 aromatic rings. The number of carbonyl (C=O) groups is 2. The SMILES string of the molecule is COc1ccc(C#N)cc1OC(C(=O)O)N(C)c1c(F)cnc(Oc2cccc(C(=O)N(C)C)c2)c1F. The number of methoxy groups -OCH3 is 1. The number of ether oxygens (including phenoxy) is 3. The highest BCUT2D eigenvalue weighted by atomic mass is 19.1. The smallest absolute Gasteiger partial charge is 0.366 e. The number of likely N-dealkylation sites (N-methyl/N-ethyl adjacent to an activating group) is 1. The minimum absolute atomic E-state index is 0.0448. The standard InChI is InChI=1S/C25H22F2N4O6/c1-30(2)23(32)15-6-5-7-16(11-15)36-22-20(27)21(17(26)13-29-22)31(3)24(25(33)34)37-19-10-14(12-28)8-9-18(19)35-4/h5-11,13,24H,1-4H3,(H,33,34). The number of nitrogens with zero attached hydrogens (tertiary/aromatic N) is 4. The van der Waals surface area contributed by atoms with E-state index in [1.165, 1.54) is 54.5 Å². The predicted molar refractivity (Wildman–Crippen MR) is 127 cm³/mol. The summed E-state index contributed by atoms with van der Waals surface area (Å²) in [5.74, 6) is -5.04. The number of carboxylic acid groups (broad SMARTS) is 1. The van der Waals surface area contributed by atoms with Crippen LogP contribution in [0, 0.1) is 23.0 Å². The van der Waals surface area contributed by atoms with Crippen molar-refractivity contribution in [2.24, 2.45) is 0 Å². The fourth-order valence-corrected chi connectivity index (χ4v) is 3.27. The van der Waals surface area contributed by atoms with Gasteiger partial charge < -0.3 is 29.1 Å². The molecule has 0 bridgehead atoms. The number of aliphatic carboxylic acids is 1. The van der Waals surface area contributed by atoms with E-state index in [1.807, 2.05) is 6.07 Å². The highest BCUT2D eigenvalue weighted by molar-refractivity contribution is 5.94. The maximum atomic E-state index is 15.4. The number of halogens is 2. The molecule has 1 N–H and O–H groups in total. The summed E-state index contributed by atoms with van der Waals surface area (Å²) in [5.41, 5.74) is -0.391. The largest absolute Gasteiger partial charge is 0.493 e. The maximum absolute atomic E-state index is 15.4. The zero-order valence-corrected chi connectivity index (χ0v) is 20.2. The number of anilines is 1. The summed E-state index contributed by atoms with van der Waals surface area (Å²) in [6.07, 6.45) is -1.28. The Labute approximate surface area is 210 Å². The fraction of sp³-hybridized carbons (Fsp3) is 0.200. The molecule has 10 nitrogen and oxygen atoms in total. The van der Waals surface area contributed by atoms with Crippen LogP contribution in [0.4, 0.5) is 14.5 Å². The maximum Gasteiger partial charge on any atom is 0.366 e. The molecule has 12 heteroatoms. The number of hydrogen-bond acceptors (Lipinski definition) is 8. The molecule has 0 aliphatic heterocycles. The van der Waals surface area contributed by atoms with Gasteiger partial charge in [0.05, 0.1) is 24.9 Å². The Morgan fingerprint density at radius 2 is 1.84 bits per heavy atom. The monoisotopic (exact) mass is 512 g/mol. The third kappa shape index (κ3) is 5.84. The summed E-state index contributed by atoms with van der Waals surface area (Å²) in [5, 5.41) is 18.9. The van der Waals surface area contributed by atoms with Gasteiger partial charge in [-0.25, -0.2) is 14.2 Å². The van der Waals surface area contributed by atoms with E-state index in [0.717, 1.165) is 7.05 Å². The molecule has 0 aliphatic rings. The average molecular weight is 512 g/mol. The Balaban J connectivity index is 1.97. The molecule has 3 rings (SSSR count). The molecule has 1 aromatic heterocycles. The average Bonchev–Trinajstić information content (AvgIpc) is 2.88. The second-order valence-electron chi connectivity index (χ2n) is 7.80. The summed E-state index contributed by atoms with van der Waals surface area (Å²) in [6, 6.07) is 11.8. The van der Waals surface area contributed by atoms with E-state index >= 15 is 4.39 Å². The van der Waals surface area contributed by atoms with E-state index in [2.05, 4.69) is 4.98 Å². The third-order valence-electron chi connectivity index (χ3n) is 5.07. The molecule has 1 unspecified atom stereocenters. The number of hydrogen-bond donors (Lipinski definition) is 1. The molecule has 0 aliphatic carbocycles. The normalized spacial score (nSPS) is 11.2. The van der Waals surface area contributed by atoms with Crippen LogP contribution in [0.25, 0.3) is 0 Å². The van der Waals surface area contributed by atoms with Gasteiger partial charge in [0.15, 0.2) is 17.3 Å². The van der Waals surface area contributed by atoms with Gasteiger partial charge in [-0.05, 0) is 30.3 Å². The molecular formula is C25H22F2N4O6. The zero-order chi connectivity index (χ0) is 27.3. The number of benzene rings is 2. The number of nitriles is 1. The molecule has 1 heterocycles. The summed E-state index contributed by atoms with van der Waals surface area (Å²) in [4.78, 5) is 29.9. The molecule has 1 amide bonds. The van der Waals surface area contributed by atoms with Crippen molar-refractivity contribution in [2.75, 3.05) is 33.2 Å². The second kappa shape index (κ2) is 11.2. The lowest BCUT2D eigenvalue weighted by atomic mass is 10.2. The van der Waals surface area contributed by atoms with Gasteiger partial charge in [0, 0.05) is 32.8 Å². The van der Waals surface area contributed by atoms with Crippen molar-refractivity contribution in [2.45, 2.75) is 6.23 Å². The lowest BCUT2D eigenvalue weighted by Gasteiger charge is -2.28. The van der Waals surface area contributed by atoms with E-state index in [9.17, 15) is 19.1 Å². The van der Waals surface area contributed by atoms with Crippen LogP contribution < -0.4 is 19.1 Å². The van der Waals surface area contributed by atoms with Crippen LogP contribution in [-0.4, -0.2) is 61.3 Å². The lowest BCUT2D eigenvalue weighted by Crippen LogP contribution is -2.44. The van der Waals surface area contributed by atoms with Crippen molar-refractivity contribution in [1.82, 2.24) is 9.88 Å². The zero-order valence-electron chi connectivity index (χ0n) is 20.2. The van der Waals surface area contributed by atoms with E-state index in [1.54, 1.807) is 14.1 Å². The number of aromatic nitrogens is 1. The van der Waals surface area contributed by atoms with Gasteiger partial charge >= 0.3 is 5.97 Å². The summed E-state index contributed by atoms with van der Waals surface area (Å²) < 4.78 is 46.3. The number of carboxylic acids is 1. The van der Waals surface area contributed by atoms with Crippen molar-refractivity contribution in [1.29, 1.82) is 5.26 Å². The van der Waals surface area contributed by atoms with Crippen LogP contribution in [0.15, 0.2) is 48.7 Å². The summed E-state index contributed by atoms with van der Waals surface area (Å²) >= 11 is 0. The van der Waals surface area contributed by atoms with Gasteiger partial charge in [-0.2, -0.15) is 9.65 Å². The highest BCUT2D eigenvalue weighted by Crippen LogP contribution is 2.34. The van der Waals surface area contributed by atoms with Crippen molar-refractivity contribution in [3.05, 3.63) is 71.4 Å². The van der Waals surface area contributed by atoms with Gasteiger partial charge in [-0.1, -0.05) is 6.07 Å². The van der Waals surface area contributed by atoms with E-state index in [0.29, 0.717) is 11.1 Å². The molecule has 1 atom stereocenters. The Kier molecular flexibility index (Phi) is 8.09. The molecule has 0 spiro atoms. The van der Waals surface area contributed by atoms with Crippen molar-refractivity contribution in [3.63, 3.8) is 0 Å². The van der Waals surface area contributed by atoms with Crippen molar-refractivity contribution < 1.29 is 37.7 Å². The minimum Gasteiger partial charge on any atom is -0.493 e. The topological polar surface area (TPSA) is 125 Å². The van der Waals surface area contributed by atoms with Crippen LogP contribution in [0.5, 0.6) is 23.1 Å². The highest BCUT2D eigenvalue weighted by Gasteiger charge is 2.32. The van der Waals surface area contributed by atoms with Crippen LogP contribution in [0.3, 0.4) is 0 Å². The Morgan fingerprint density at radius 1 is 1.11 bits per heavy atom. The molecule has 0 radical (unpaired) electrons. The summed E-state index contributed by atoms with van der Waals surface area (Å²) in [6.45, 7) is 0. The predicted octanol–water partition coefficient (Wildman–Crippen LogP) is 3.66. The Bertz CT molecular complexity index is 1380. The summed E-state index contributed by atoms with van der Waals surface area (Å²) in [7, 11) is 5.53. The van der Waals surface area contributed by atoms with Crippen molar-refractivity contribution in [3.8, 4) is 29.2 Å². The second-order valence-corrected chi connectivity index (χ2v) is 7.80. The van der Waals surface area contributed by atoms with Gasteiger partial charge in [0.1, 0.15) is 11.4 Å². The van der Waals surface area contributed by atoms with E-state index in [4.69, 9.17) is 19.5 Å². The molecular weight excluding hydrogens is 490 g/mol. The first-order valence-corrected chi connectivity index (χ1v) is 10.6. The number of rotatable bonds is 9. The van der Waals surface area contributed by atoms with E-state index in [-0.39, 0.29) is 34.3 Å². The number of amides is 1.